The minimum Gasteiger partial charge on any atom is -0.364 e. The van der Waals surface area contributed by atoms with Crippen LogP contribution in [0.3, 0.4) is 0 Å². The monoisotopic (exact) mass is 526 g/mol. The van der Waals surface area contributed by atoms with Crippen molar-refractivity contribution in [1.29, 1.82) is 0 Å². The van der Waals surface area contributed by atoms with Crippen LogP contribution in [0.1, 0.15) is 36.8 Å². The van der Waals surface area contributed by atoms with Crippen molar-refractivity contribution in [2.45, 2.75) is 45.2 Å². The Morgan fingerprint density at radius 1 is 1.22 bits per heavy atom. The van der Waals surface area contributed by atoms with Gasteiger partial charge in [0.15, 0.2) is 0 Å². The van der Waals surface area contributed by atoms with Crippen molar-refractivity contribution in [3.63, 3.8) is 0 Å². The molecule has 3 N–H and O–H groups in total. The van der Waals surface area contributed by atoms with Crippen LogP contribution in [0.4, 0.5) is 17.5 Å². The second-order valence-electron chi connectivity index (χ2n) is 8.05. The lowest BCUT2D eigenvalue weighted by Crippen LogP contribution is -2.37. The Kier molecular flexibility index (Phi) is 8.01. The Labute approximate surface area is 196 Å². The van der Waals surface area contributed by atoms with E-state index in [1.54, 1.807) is 0 Å². The summed E-state index contributed by atoms with van der Waals surface area (Å²) in [6.07, 6.45) is 5.50. The van der Waals surface area contributed by atoms with Gasteiger partial charge in [0.1, 0.15) is 6.20 Å². The minimum atomic E-state index is -3.21. The summed E-state index contributed by atoms with van der Waals surface area (Å²) in [5, 5.41) is 17.7. The summed E-state index contributed by atoms with van der Waals surface area (Å²) in [6, 6.07) is 5.85. The number of nitro groups is 1. The number of hydrogen-bond donors (Lipinski definition) is 3. The Hall–Kier alpha value is -2.31. The molecule has 0 spiro atoms. The van der Waals surface area contributed by atoms with Gasteiger partial charge in [-0.1, -0.05) is 28.1 Å². The summed E-state index contributed by atoms with van der Waals surface area (Å²) in [7, 11) is -3.21. The molecule has 1 aromatic heterocycles. The van der Waals surface area contributed by atoms with Crippen molar-refractivity contribution < 1.29 is 13.3 Å². The molecular weight excluding hydrogens is 500 g/mol. The molecule has 0 saturated heterocycles. The maximum atomic E-state index is 11.4. The molecule has 1 saturated carbocycles. The molecule has 0 unspecified atom stereocenters. The zero-order valence-electron chi connectivity index (χ0n) is 18.0. The molecule has 0 amide bonds. The van der Waals surface area contributed by atoms with E-state index < -0.39 is 14.9 Å². The van der Waals surface area contributed by atoms with E-state index in [0.717, 1.165) is 41.3 Å². The second kappa shape index (κ2) is 10.5. The Balaban J connectivity index is 1.61. The summed E-state index contributed by atoms with van der Waals surface area (Å²) >= 11 is 3.51. The normalized spacial score (nSPS) is 18.8. The molecule has 1 fully saturated rings. The fraction of sp³-hybridized carbons (Fsp3) is 0.500. The van der Waals surface area contributed by atoms with Crippen LogP contribution >= 0.6 is 15.9 Å². The van der Waals surface area contributed by atoms with E-state index in [0.29, 0.717) is 19.0 Å². The fourth-order valence-corrected chi connectivity index (χ4v) is 5.02. The molecule has 174 valence electrons. The van der Waals surface area contributed by atoms with Crippen molar-refractivity contribution >= 4 is 43.4 Å². The molecule has 3 rings (SSSR count). The number of anilines is 2. The smallest absolute Gasteiger partial charge is 0.329 e. The zero-order chi connectivity index (χ0) is 23.3. The van der Waals surface area contributed by atoms with Crippen molar-refractivity contribution in [2.24, 2.45) is 5.92 Å². The largest absolute Gasteiger partial charge is 0.364 e. The second-order valence-corrected chi connectivity index (χ2v) is 10.7. The van der Waals surface area contributed by atoms with Crippen molar-refractivity contribution in [2.75, 3.05) is 23.4 Å². The lowest BCUT2D eigenvalue weighted by molar-refractivity contribution is -0.384. The maximum Gasteiger partial charge on any atom is 0.329 e. The first-order valence-corrected chi connectivity index (χ1v) is 13.0. The molecule has 1 aliphatic rings. The van der Waals surface area contributed by atoms with Gasteiger partial charge in [0.2, 0.25) is 21.8 Å². The lowest BCUT2D eigenvalue weighted by atomic mass is 9.86. The summed E-state index contributed by atoms with van der Waals surface area (Å²) in [5.41, 5.74) is 1.98. The predicted molar refractivity (Wildman–Crippen MR) is 127 cm³/mol. The number of benzene rings is 1. The molecule has 0 radical (unpaired) electrons. The van der Waals surface area contributed by atoms with Crippen LogP contribution in [0.25, 0.3) is 0 Å². The number of nitrogens with one attached hydrogen (secondary N) is 3. The van der Waals surface area contributed by atoms with E-state index >= 15 is 0 Å². The molecule has 10 nitrogen and oxygen atoms in total. The molecule has 0 bridgehead atoms. The first kappa shape index (κ1) is 24.3. The van der Waals surface area contributed by atoms with Crippen LogP contribution in [0.5, 0.6) is 0 Å². The molecule has 32 heavy (non-hydrogen) atoms. The third-order valence-electron chi connectivity index (χ3n) is 5.57. The summed E-state index contributed by atoms with van der Waals surface area (Å²) in [5.74, 6) is 0.760. The highest BCUT2D eigenvalue weighted by Gasteiger charge is 2.24. The Bertz CT molecular complexity index is 1070. The van der Waals surface area contributed by atoms with Crippen molar-refractivity contribution in [1.82, 2.24) is 14.7 Å². The zero-order valence-corrected chi connectivity index (χ0v) is 20.4. The van der Waals surface area contributed by atoms with Crippen LogP contribution in [0.2, 0.25) is 0 Å². The van der Waals surface area contributed by atoms with Crippen molar-refractivity contribution in [3.05, 3.63) is 50.1 Å². The van der Waals surface area contributed by atoms with Crippen LogP contribution in [0.15, 0.2) is 28.9 Å². The average molecular weight is 527 g/mol. The highest BCUT2D eigenvalue weighted by atomic mass is 79.9. The van der Waals surface area contributed by atoms with Gasteiger partial charge in [-0.15, -0.1) is 0 Å². The van der Waals surface area contributed by atoms with Crippen LogP contribution in [0, 0.1) is 23.0 Å². The third kappa shape index (κ3) is 6.84. The number of sulfonamides is 1. The topological polar surface area (TPSA) is 139 Å². The van der Waals surface area contributed by atoms with E-state index in [9.17, 15) is 18.5 Å². The van der Waals surface area contributed by atoms with Gasteiger partial charge in [0.25, 0.3) is 0 Å². The van der Waals surface area contributed by atoms with Gasteiger partial charge in [-0.2, -0.15) is 4.98 Å². The number of halogens is 1. The molecular formula is C20H27BrN6O4S. The first-order valence-electron chi connectivity index (χ1n) is 10.3. The van der Waals surface area contributed by atoms with Crippen LogP contribution in [-0.2, 0) is 16.6 Å². The third-order valence-corrected chi connectivity index (χ3v) is 7.19. The molecule has 1 heterocycles. The van der Waals surface area contributed by atoms with Gasteiger partial charge in [0.05, 0.1) is 11.2 Å². The van der Waals surface area contributed by atoms with Gasteiger partial charge in [0, 0.05) is 23.6 Å². The summed E-state index contributed by atoms with van der Waals surface area (Å²) in [6.45, 7) is 3.01. The van der Waals surface area contributed by atoms with Crippen LogP contribution in [-0.4, -0.2) is 42.2 Å². The average Bonchev–Trinajstić information content (AvgIpc) is 2.73. The van der Waals surface area contributed by atoms with Crippen LogP contribution < -0.4 is 15.4 Å². The summed E-state index contributed by atoms with van der Waals surface area (Å²) in [4.78, 5) is 19.3. The van der Waals surface area contributed by atoms with Gasteiger partial charge in [-0.05, 0) is 55.7 Å². The number of aromatic nitrogens is 2. The van der Waals surface area contributed by atoms with Gasteiger partial charge >= 0.3 is 5.69 Å². The first-order chi connectivity index (χ1) is 15.1. The van der Waals surface area contributed by atoms with E-state index in [-0.39, 0.29) is 23.5 Å². The lowest BCUT2D eigenvalue weighted by Gasteiger charge is -2.28. The molecule has 12 heteroatoms. The van der Waals surface area contributed by atoms with Gasteiger partial charge in [-0.3, -0.25) is 10.1 Å². The van der Waals surface area contributed by atoms with E-state index in [2.05, 4.69) is 41.3 Å². The summed E-state index contributed by atoms with van der Waals surface area (Å²) < 4.78 is 26.4. The highest BCUT2D eigenvalue weighted by molar-refractivity contribution is 9.10. The number of hydrogen-bond acceptors (Lipinski definition) is 8. The van der Waals surface area contributed by atoms with E-state index in [1.165, 1.54) is 12.5 Å². The van der Waals surface area contributed by atoms with Crippen molar-refractivity contribution in [3.8, 4) is 0 Å². The van der Waals surface area contributed by atoms with Gasteiger partial charge in [-0.25, -0.2) is 18.1 Å². The molecule has 1 aromatic carbocycles. The Morgan fingerprint density at radius 2 is 1.94 bits per heavy atom. The van der Waals surface area contributed by atoms with E-state index in [1.807, 2.05) is 25.1 Å². The maximum absolute atomic E-state index is 11.4. The SMILES string of the molecule is Cc1c(Br)cccc1CNc1ncc([N+](=O)[O-])c(NCC2CCC(NS(C)(=O)=O)CC2)n1. The highest BCUT2D eigenvalue weighted by Crippen LogP contribution is 2.27. The molecule has 1 aliphatic carbocycles. The Morgan fingerprint density at radius 3 is 2.59 bits per heavy atom. The molecule has 0 aliphatic heterocycles. The number of rotatable bonds is 9. The van der Waals surface area contributed by atoms with E-state index in [4.69, 9.17) is 0 Å². The predicted octanol–water partition coefficient (Wildman–Crippen LogP) is 3.59. The quantitative estimate of drug-likeness (QED) is 0.332. The standard InChI is InChI=1S/C20H27BrN6O4S/c1-13-15(4-3-5-17(13)21)11-23-20-24-12-18(27(28)29)19(25-20)22-10-14-6-8-16(9-7-14)26-32(2,30)31/h3-5,12,14,16,26H,6-11H2,1-2H3,(H2,22,23,24,25). The van der Waals surface area contributed by atoms with Gasteiger partial charge < -0.3 is 10.6 Å². The fourth-order valence-electron chi connectivity index (χ4n) is 3.77. The number of nitrogens with zero attached hydrogens (tertiary/aromatic N) is 3. The minimum absolute atomic E-state index is 0.0491. The molecule has 0 atom stereocenters. The molecule has 2 aromatic rings.